The van der Waals surface area contributed by atoms with Gasteiger partial charge in [0.1, 0.15) is 4.83 Å². The maximum absolute atomic E-state index is 13.3. The van der Waals surface area contributed by atoms with E-state index in [-0.39, 0.29) is 17.9 Å². The van der Waals surface area contributed by atoms with E-state index in [1.165, 1.54) is 16.9 Å². The lowest BCUT2D eigenvalue weighted by Crippen LogP contribution is -2.33. The van der Waals surface area contributed by atoms with Crippen molar-refractivity contribution in [3.05, 3.63) is 76.2 Å². The summed E-state index contributed by atoms with van der Waals surface area (Å²) >= 11 is 3.27. The van der Waals surface area contributed by atoms with Crippen LogP contribution in [-0.2, 0) is 11.3 Å². The van der Waals surface area contributed by atoms with Gasteiger partial charge in [-0.3, -0.25) is 14.2 Å². The molecule has 0 N–H and O–H groups in total. The number of aromatic nitrogens is 2. The number of nitrogens with zero attached hydrogens (tertiary/aromatic N) is 3. The molecule has 32 heavy (non-hydrogen) atoms. The van der Waals surface area contributed by atoms with Gasteiger partial charge in [-0.25, -0.2) is 4.98 Å². The van der Waals surface area contributed by atoms with Crippen LogP contribution < -0.4 is 10.5 Å². The Labute approximate surface area is 194 Å². The first-order valence-corrected chi connectivity index (χ1v) is 12.5. The predicted octanol–water partition coefficient (Wildman–Crippen LogP) is 5.35. The van der Waals surface area contributed by atoms with Crippen molar-refractivity contribution in [3.8, 4) is 11.1 Å². The quantitative estimate of drug-likeness (QED) is 0.411. The Balaban J connectivity index is 1.41. The van der Waals surface area contributed by atoms with E-state index >= 15 is 0 Å². The smallest absolute Gasteiger partial charge is 0.262 e. The van der Waals surface area contributed by atoms with Gasteiger partial charge >= 0.3 is 0 Å². The zero-order valence-electron chi connectivity index (χ0n) is 17.8. The molecule has 0 aliphatic carbocycles. The number of hydrogen-bond acceptors (Lipinski definition) is 5. The number of carbonyl (C=O) groups excluding carboxylic acids is 1. The number of anilines is 1. The fourth-order valence-electron chi connectivity index (χ4n) is 4.01. The summed E-state index contributed by atoms with van der Waals surface area (Å²) in [7, 11) is 0. The van der Waals surface area contributed by atoms with Gasteiger partial charge in [-0.05, 0) is 36.8 Å². The first-order chi connectivity index (χ1) is 15.6. The first-order valence-electron chi connectivity index (χ1n) is 10.7. The molecule has 3 heterocycles. The van der Waals surface area contributed by atoms with Crippen molar-refractivity contribution in [2.24, 2.45) is 0 Å². The Kier molecular flexibility index (Phi) is 5.85. The lowest BCUT2D eigenvalue weighted by Gasteiger charge is -2.22. The van der Waals surface area contributed by atoms with E-state index in [9.17, 15) is 9.59 Å². The second-order valence-electron chi connectivity index (χ2n) is 7.90. The monoisotopic (exact) mass is 461 g/mol. The maximum atomic E-state index is 13.3. The minimum atomic E-state index is -0.0913. The SMILES string of the molecule is Cc1ccc(-c2csc3ncn(CCC(=O)N4CCCSc5ccccc54)c(=O)c23)cc1. The van der Waals surface area contributed by atoms with Crippen LogP contribution in [0.1, 0.15) is 18.4 Å². The van der Waals surface area contributed by atoms with Gasteiger partial charge in [0.15, 0.2) is 0 Å². The average Bonchev–Trinajstić information content (AvgIpc) is 3.12. The molecule has 162 valence electrons. The van der Waals surface area contributed by atoms with Crippen LogP contribution in [0, 0.1) is 6.92 Å². The number of hydrogen-bond donors (Lipinski definition) is 0. The third-order valence-electron chi connectivity index (χ3n) is 5.73. The molecular formula is C25H23N3O2S2. The Hall–Kier alpha value is -2.90. The summed E-state index contributed by atoms with van der Waals surface area (Å²) in [6.45, 7) is 3.06. The normalized spacial score (nSPS) is 13.7. The van der Waals surface area contributed by atoms with Crippen LogP contribution in [0.5, 0.6) is 0 Å². The maximum Gasteiger partial charge on any atom is 0.262 e. The average molecular weight is 462 g/mol. The van der Waals surface area contributed by atoms with Crippen LogP contribution in [0.2, 0.25) is 0 Å². The molecule has 0 bridgehead atoms. The van der Waals surface area contributed by atoms with Crippen molar-refractivity contribution in [2.45, 2.75) is 31.2 Å². The summed E-state index contributed by atoms with van der Waals surface area (Å²) in [4.78, 5) is 34.6. The Morgan fingerprint density at radius 1 is 1.12 bits per heavy atom. The third kappa shape index (κ3) is 3.98. The van der Waals surface area contributed by atoms with Crippen LogP contribution >= 0.6 is 23.1 Å². The molecule has 0 atom stereocenters. The summed E-state index contributed by atoms with van der Waals surface area (Å²) in [6, 6.07) is 16.2. The summed E-state index contributed by atoms with van der Waals surface area (Å²) in [6.07, 6.45) is 2.78. The molecule has 0 radical (unpaired) electrons. The van der Waals surface area contributed by atoms with E-state index in [1.807, 2.05) is 59.7 Å². The minimum Gasteiger partial charge on any atom is -0.311 e. The highest BCUT2D eigenvalue weighted by Crippen LogP contribution is 2.34. The topological polar surface area (TPSA) is 55.2 Å². The molecule has 1 aliphatic heterocycles. The zero-order chi connectivity index (χ0) is 22.1. The van der Waals surface area contributed by atoms with Crippen LogP contribution in [0.3, 0.4) is 0 Å². The van der Waals surface area contributed by atoms with E-state index in [0.717, 1.165) is 38.7 Å². The summed E-state index contributed by atoms with van der Waals surface area (Å²) in [5, 5.41) is 2.62. The zero-order valence-corrected chi connectivity index (χ0v) is 19.4. The molecule has 5 rings (SSSR count). The highest BCUT2D eigenvalue weighted by Gasteiger charge is 2.21. The van der Waals surface area contributed by atoms with E-state index in [4.69, 9.17) is 0 Å². The van der Waals surface area contributed by atoms with E-state index < -0.39 is 0 Å². The molecule has 2 aromatic heterocycles. The number of carbonyl (C=O) groups is 1. The highest BCUT2D eigenvalue weighted by atomic mass is 32.2. The summed E-state index contributed by atoms with van der Waals surface area (Å²) in [5.41, 5.74) is 3.97. The van der Waals surface area contributed by atoms with Crippen molar-refractivity contribution < 1.29 is 4.79 Å². The number of thioether (sulfide) groups is 1. The molecular weight excluding hydrogens is 438 g/mol. The second-order valence-corrected chi connectivity index (χ2v) is 9.90. The van der Waals surface area contributed by atoms with Gasteiger partial charge in [0, 0.05) is 35.3 Å². The van der Waals surface area contributed by atoms with Gasteiger partial charge in [0.25, 0.3) is 5.56 Å². The van der Waals surface area contributed by atoms with Gasteiger partial charge in [-0.15, -0.1) is 23.1 Å². The van der Waals surface area contributed by atoms with Crippen LogP contribution in [0.15, 0.2) is 69.9 Å². The van der Waals surface area contributed by atoms with Crippen molar-refractivity contribution in [3.63, 3.8) is 0 Å². The molecule has 0 saturated carbocycles. The molecule has 0 saturated heterocycles. The number of benzene rings is 2. The van der Waals surface area contributed by atoms with Gasteiger partial charge in [0.2, 0.25) is 5.91 Å². The number of amides is 1. The van der Waals surface area contributed by atoms with Gasteiger partial charge < -0.3 is 4.90 Å². The number of para-hydroxylation sites is 1. The largest absolute Gasteiger partial charge is 0.311 e. The van der Waals surface area contributed by atoms with E-state index in [2.05, 4.69) is 11.1 Å². The highest BCUT2D eigenvalue weighted by molar-refractivity contribution is 7.99. The molecule has 7 heteroatoms. The molecule has 5 nitrogen and oxygen atoms in total. The van der Waals surface area contributed by atoms with Crippen molar-refractivity contribution in [1.29, 1.82) is 0 Å². The fraction of sp³-hybridized carbons (Fsp3) is 0.240. The van der Waals surface area contributed by atoms with Crippen molar-refractivity contribution in [2.75, 3.05) is 17.2 Å². The predicted molar refractivity (Wildman–Crippen MR) is 133 cm³/mol. The second kappa shape index (κ2) is 8.92. The summed E-state index contributed by atoms with van der Waals surface area (Å²) < 4.78 is 1.57. The van der Waals surface area contributed by atoms with Crippen molar-refractivity contribution in [1.82, 2.24) is 9.55 Å². The van der Waals surface area contributed by atoms with Crippen LogP contribution in [0.4, 0.5) is 5.69 Å². The lowest BCUT2D eigenvalue weighted by molar-refractivity contribution is -0.118. The molecule has 0 unspecified atom stereocenters. The first kappa shape index (κ1) is 21.0. The Morgan fingerprint density at radius 3 is 2.78 bits per heavy atom. The van der Waals surface area contributed by atoms with Crippen LogP contribution in [-0.4, -0.2) is 27.8 Å². The van der Waals surface area contributed by atoms with Gasteiger partial charge in [-0.2, -0.15) is 0 Å². The number of rotatable bonds is 4. The number of thiophene rings is 1. The van der Waals surface area contributed by atoms with E-state index in [0.29, 0.717) is 18.5 Å². The molecule has 2 aromatic carbocycles. The molecule has 1 aliphatic rings. The molecule has 0 fully saturated rings. The van der Waals surface area contributed by atoms with E-state index in [1.54, 1.807) is 22.7 Å². The minimum absolute atomic E-state index is 0.0380. The molecule has 1 amide bonds. The fourth-order valence-corrected chi connectivity index (χ4v) is 5.91. The Morgan fingerprint density at radius 2 is 1.94 bits per heavy atom. The standard InChI is InChI=1S/C25H23N3O2S2/c1-17-7-9-18(10-8-17)19-15-32-24-23(19)25(30)27(16-26-24)13-11-22(29)28-12-4-14-31-21-6-3-2-5-20(21)28/h2-3,5-10,15-16H,4,11-14H2,1H3. The number of aryl methyl sites for hydroxylation is 2. The van der Waals surface area contributed by atoms with Gasteiger partial charge in [0.05, 0.1) is 17.4 Å². The Bertz CT molecular complexity index is 1340. The van der Waals surface area contributed by atoms with Crippen LogP contribution in [0.25, 0.3) is 21.3 Å². The van der Waals surface area contributed by atoms with Crippen molar-refractivity contribution >= 4 is 44.9 Å². The summed E-state index contributed by atoms with van der Waals surface area (Å²) in [5.74, 6) is 1.04. The number of fused-ring (bicyclic) bond motifs is 2. The molecule has 4 aromatic rings. The lowest BCUT2D eigenvalue weighted by atomic mass is 10.1. The van der Waals surface area contributed by atoms with Gasteiger partial charge in [-0.1, -0.05) is 42.0 Å². The molecule has 0 spiro atoms. The third-order valence-corrected chi connectivity index (χ3v) is 7.77.